The Morgan fingerprint density at radius 3 is 2.48 bits per heavy atom. The summed E-state index contributed by atoms with van der Waals surface area (Å²) in [4.78, 5) is 50.4. The molecule has 3 amide bonds. The predicted octanol–water partition coefficient (Wildman–Crippen LogP) is 1.46. The van der Waals surface area contributed by atoms with Crippen molar-refractivity contribution in [1.82, 2.24) is 4.90 Å². The van der Waals surface area contributed by atoms with Gasteiger partial charge in [0, 0.05) is 11.8 Å². The molecule has 2 aliphatic heterocycles. The van der Waals surface area contributed by atoms with Crippen molar-refractivity contribution in [3.05, 3.63) is 18.2 Å². The number of anilines is 1. The van der Waals surface area contributed by atoms with Gasteiger partial charge in [-0.1, -0.05) is 12.8 Å². The number of nitrogens with zero attached hydrogens (tertiary/aromatic N) is 1. The Morgan fingerprint density at radius 1 is 1.14 bits per heavy atom. The van der Waals surface area contributed by atoms with Crippen LogP contribution in [0.25, 0.3) is 0 Å². The van der Waals surface area contributed by atoms with Crippen LogP contribution in [0.5, 0.6) is 11.5 Å². The second-order valence-electron chi connectivity index (χ2n) is 7.45. The fourth-order valence-corrected chi connectivity index (χ4v) is 4.02. The summed E-state index contributed by atoms with van der Waals surface area (Å²) in [7, 11) is 0. The molecule has 2 fully saturated rings. The number of fused-ring (bicyclic) bond motifs is 2. The summed E-state index contributed by atoms with van der Waals surface area (Å²) in [5.41, 5.74) is 0.469. The topological polar surface area (TPSA) is 111 Å². The van der Waals surface area contributed by atoms with Gasteiger partial charge in [0.1, 0.15) is 6.54 Å². The van der Waals surface area contributed by atoms with Gasteiger partial charge in [-0.3, -0.25) is 24.1 Å². The number of benzene rings is 1. The third-order valence-electron chi connectivity index (χ3n) is 5.54. The number of amides is 3. The first-order chi connectivity index (χ1) is 13.9. The maximum atomic E-state index is 12.4. The van der Waals surface area contributed by atoms with Gasteiger partial charge in [-0.05, 0) is 31.9 Å². The number of carbonyl (C=O) groups is 4. The molecule has 0 spiro atoms. The lowest BCUT2D eigenvalue weighted by atomic mass is 9.81. The Hall–Kier alpha value is -3.10. The number of hydrogen-bond donors (Lipinski definition) is 1. The van der Waals surface area contributed by atoms with Crippen LogP contribution in [0.15, 0.2) is 18.2 Å². The highest BCUT2D eigenvalue weighted by atomic mass is 16.7. The number of nitrogens with one attached hydrogen (secondary N) is 1. The molecular formula is C20H22N2O7. The maximum Gasteiger partial charge on any atom is 0.326 e. The predicted molar refractivity (Wildman–Crippen MR) is 98.9 cm³/mol. The van der Waals surface area contributed by atoms with E-state index in [1.165, 1.54) is 6.92 Å². The molecule has 1 aliphatic carbocycles. The van der Waals surface area contributed by atoms with Gasteiger partial charge in [0.15, 0.2) is 17.6 Å². The third kappa shape index (κ3) is 3.76. The molecule has 3 atom stereocenters. The highest BCUT2D eigenvalue weighted by molar-refractivity contribution is 6.07. The minimum Gasteiger partial charge on any atom is -0.454 e. The van der Waals surface area contributed by atoms with Gasteiger partial charge in [0.05, 0.1) is 11.8 Å². The summed E-state index contributed by atoms with van der Waals surface area (Å²) in [6.07, 6.45) is 2.08. The molecule has 0 radical (unpaired) electrons. The van der Waals surface area contributed by atoms with Crippen molar-refractivity contribution >= 4 is 29.4 Å². The number of ether oxygens (including phenoxy) is 3. The summed E-state index contributed by atoms with van der Waals surface area (Å²) in [5, 5.41) is 2.63. The minimum absolute atomic E-state index is 0.121. The van der Waals surface area contributed by atoms with Crippen LogP contribution in [-0.2, 0) is 23.9 Å². The molecule has 0 bridgehead atoms. The van der Waals surface area contributed by atoms with Crippen LogP contribution in [0.4, 0.5) is 5.69 Å². The molecule has 154 valence electrons. The van der Waals surface area contributed by atoms with Crippen LogP contribution in [0.2, 0.25) is 0 Å². The van der Waals surface area contributed by atoms with Gasteiger partial charge in [0.2, 0.25) is 18.6 Å². The lowest BCUT2D eigenvalue weighted by Gasteiger charge is -2.19. The van der Waals surface area contributed by atoms with E-state index >= 15 is 0 Å². The van der Waals surface area contributed by atoms with E-state index in [-0.39, 0.29) is 30.4 Å². The Balaban J connectivity index is 1.31. The molecule has 4 rings (SSSR count). The molecule has 2 heterocycles. The summed E-state index contributed by atoms with van der Waals surface area (Å²) >= 11 is 0. The zero-order chi connectivity index (χ0) is 20.5. The Kier molecular flexibility index (Phi) is 5.12. The van der Waals surface area contributed by atoms with Crippen molar-refractivity contribution in [2.45, 2.75) is 38.7 Å². The highest BCUT2D eigenvalue weighted by Crippen LogP contribution is 2.38. The average molecular weight is 402 g/mol. The van der Waals surface area contributed by atoms with Gasteiger partial charge in [-0.25, -0.2) is 0 Å². The lowest BCUT2D eigenvalue weighted by molar-refractivity contribution is -0.158. The van der Waals surface area contributed by atoms with E-state index in [1.807, 2.05) is 0 Å². The Labute approximate surface area is 167 Å². The SMILES string of the molecule is C[C@H](OC(=O)CN1C(=O)[C@H]2CCCC[C@H]2C1=O)C(=O)Nc1ccc2c(c1)OCO2. The number of carbonyl (C=O) groups excluding carboxylic acids is 4. The standard InChI is InChI=1S/C20H22N2O7/c1-11(18(24)21-12-6-7-15-16(8-12)28-10-27-15)29-17(23)9-22-19(25)13-4-2-3-5-14(13)20(22)26/h6-8,11,13-14H,2-5,9-10H2,1H3,(H,21,24)/t11-,13-,14+/m0/s1. The monoisotopic (exact) mass is 402 g/mol. The van der Waals surface area contributed by atoms with Crippen LogP contribution in [0, 0.1) is 11.8 Å². The lowest BCUT2D eigenvalue weighted by Crippen LogP contribution is -2.39. The minimum atomic E-state index is -1.09. The van der Waals surface area contributed by atoms with Crippen LogP contribution >= 0.6 is 0 Å². The quantitative estimate of drug-likeness (QED) is 0.586. The van der Waals surface area contributed by atoms with E-state index in [9.17, 15) is 19.2 Å². The van der Waals surface area contributed by atoms with E-state index in [1.54, 1.807) is 18.2 Å². The summed E-state index contributed by atoms with van der Waals surface area (Å²) < 4.78 is 15.6. The largest absolute Gasteiger partial charge is 0.454 e. The molecule has 1 saturated heterocycles. The molecule has 29 heavy (non-hydrogen) atoms. The molecule has 1 aromatic carbocycles. The molecular weight excluding hydrogens is 380 g/mol. The summed E-state index contributed by atoms with van der Waals surface area (Å²) in [6, 6.07) is 4.92. The van der Waals surface area contributed by atoms with Crippen molar-refractivity contribution < 1.29 is 33.4 Å². The van der Waals surface area contributed by atoms with Gasteiger partial charge in [-0.15, -0.1) is 0 Å². The van der Waals surface area contributed by atoms with Gasteiger partial charge >= 0.3 is 5.97 Å². The van der Waals surface area contributed by atoms with Crippen LogP contribution < -0.4 is 14.8 Å². The van der Waals surface area contributed by atoms with Gasteiger partial charge < -0.3 is 19.5 Å². The van der Waals surface area contributed by atoms with E-state index in [0.29, 0.717) is 30.0 Å². The Morgan fingerprint density at radius 2 is 1.79 bits per heavy atom. The first-order valence-corrected chi connectivity index (χ1v) is 9.69. The molecule has 9 heteroatoms. The summed E-state index contributed by atoms with van der Waals surface area (Å²) in [5.74, 6) is -1.50. The molecule has 1 saturated carbocycles. The van der Waals surface area contributed by atoms with Gasteiger partial charge in [0.25, 0.3) is 5.91 Å². The first-order valence-electron chi connectivity index (χ1n) is 9.69. The van der Waals surface area contributed by atoms with Crippen molar-refractivity contribution in [3.8, 4) is 11.5 Å². The number of hydrogen-bond acceptors (Lipinski definition) is 7. The second-order valence-corrected chi connectivity index (χ2v) is 7.45. The van der Waals surface area contributed by atoms with Crippen LogP contribution in [-0.4, -0.2) is 48.0 Å². The van der Waals surface area contributed by atoms with Crippen molar-refractivity contribution in [1.29, 1.82) is 0 Å². The van der Waals surface area contributed by atoms with E-state index in [0.717, 1.165) is 17.7 Å². The molecule has 0 unspecified atom stereocenters. The van der Waals surface area contributed by atoms with Crippen LogP contribution in [0.3, 0.4) is 0 Å². The number of likely N-dealkylation sites (tertiary alicyclic amines) is 1. The average Bonchev–Trinajstić information content (AvgIpc) is 3.26. The maximum absolute atomic E-state index is 12.4. The highest BCUT2D eigenvalue weighted by Gasteiger charge is 2.48. The van der Waals surface area contributed by atoms with Crippen LogP contribution in [0.1, 0.15) is 32.6 Å². The third-order valence-corrected chi connectivity index (χ3v) is 5.54. The van der Waals surface area contributed by atoms with E-state index in [2.05, 4.69) is 5.32 Å². The fraction of sp³-hybridized carbons (Fsp3) is 0.500. The van der Waals surface area contributed by atoms with E-state index in [4.69, 9.17) is 14.2 Å². The zero-order valence-electron chi connectivity index (χ0n) is 16.0. The number of imide groups is 1. The smallest absolute Gasteiger partial charge is 0.326 e. The first kappa shape index (κ1) is 19.2. The zero-order valence-corrected chi connectivity index (χ0v) is 16.0. The van der Waals surface area contributed by atoms with E-state index < -0.39 is 24.5 Å². The molecule has 1 aromatic rings. The summed E-state index contributed by atoms with van der Waals surface area (Å²) in [6.45, 7) is 1.08. The number of esters is 1. The normalized spacial score (nSPS) is 23.6. The van der Waals surface area contributed by atoms with Crippen molar-refractivity contribution in [2.75, 3.05) is 18.7 Å². The molecule has 1 N–H and O–H groups in total. The fourth-order valence-electron chi connectivity index (χ4n) is 4.02. The number of rotatable bonds is 5. The van der Waals surface area contributed by atoms with Crippen molar-refractivity contribution in [3.63, 3.8) is 0 Å². The van der Waals surface area contributed by atoms with Gasteiger partial charge in [-0.2, -0.15) is 0 Å². The molecule has 9 nitrogen and oxygen atoms in total. The second kappa shape index (κ2) is 7.73. The molecule has 3 aliphatic rings. The Bertz CT molecular complexity index is 844. The molecule has 0 aromatic heterocycles. The van der Waals surface area contributed by atoms with Crippen molar-refractivity contribution in [2.24, 2.45) is 11.8 Å².